The van der Waals surface area contributed by atoms with Crippen molar-refractivity contribution in [2.75, 3.05) is 13.2 Å². The first-order chi connectivity index (χ1) is 9.81. The van der Waals surface area contributed by atoms with Gasteiger partial charge in [0, 0.05) is 0 Å². The molecule has 21 heavy (non-hydrogen) atoms. The highest BCUT2D eigenvalue weighted by atomic mass is 16.5. The Hall–Kier alpha value is -1.75. The molecule has 1 rings (SSSR count). The van der Waals surface area contributed by atoms with Crippen LogP contribution in [-0.4, -0.2) is 29.4 Å². The van der Waals surface area contributed by atoms with E-state index in [1.807, 2.05) is 13.8 Å². The summed E-state index contributed by atoms with van der Waals surface area (Å²) in [5.74, 6) is 0.245. The lowest BCUT2D eigenvalue weighted by atomic mass is 9.85. The fourth-order valence-electron chi connectivity index (χ4n) is 1.96. The highest BCUT2D eigenvalue weighted by Crippen LogP contribution is 2.35. The second-order valence-electron chi connectivity index (χ2n) is 5.48. The largest absolute Gasteiger partial charge is 0.490 e. The summed E-state index contributed by atoms with van der Waals surface area (Å²) < 4.78 is 11.0. The van der Waals surface area contributed by atoms with Gasteiger partial charge >= 0.3 is 5.97 Å². The SMILES string of the molecule is CCOc1ccc(C(O)CC(C)(C)C(=O)O)cc1OCC. The van der Waals surface area contributed by atoms with Gasteiger partial charge in [0.25, 0.3) is 0 Å². The first-order valence-corrected chi connectivity index (χ1v) is 7.12. The molecule has 0 fully saturated rings. The molecule has 118 valence electrons. The van der Waals surface area contributed by atoms with Gasteiger partial charge in [-0.3, -0.25) is 4.79 Å². The molecule has 0 saturated carbocycles. The summed E-state index contributed by atoms with van der Waals surface area (Å²) in [4.78, 5) is 11.1. The molecule has 1 aromatic carbocycles. The summed E-state index contributed by atoms with van der Waals surface area (Å²) >= 11 is 0. The van der Waals surface area contributed by atoms with Crippen LogP contribution in [0.1, 0.15) is 45.8 Å². The van der Waals surface area contributed by atoms with Gasteiger partial charge in [-0.2, -0.15) is 0 Å². The quantitative estimate of drug-likeness (QED) is 0.771. The smallest absolute Gasteiger partial charge is 0.309 e. The molecular formula is C16H24O5. The van der Waals surface area contributed by atoms with Gasteiger partial charge in [-0.05, 0) is 51.8 Å². The zero-order chi connectivity index (χ0) is 16.0. The van der Waals surface area contributed by atoms with Crippen LogP contribution in [0.4, 0.5) is 0 Å². The van der Waals surface area contributed by atoms with E-state index < -0.39 is 17.5 Å². The second kappa shape index (κ2) is 7.31. The lowest BCUT2D eigenvalue weighted by Gasteiger charge is -2.23. The number of ether oxygens (including phenoxy) is 2. The van der Waals surface area contributed by atoms with E-state index in [9.17, 15) is 9.90 Å². The summed E-state index contributed by atoms with van der Waals surface area (Å²) in [6.07, 6.45) is -0.743. The van der Waals surface area contributed by atoms with E-state index in [2.05, 4.69) is 0 Å². The first kappa shape index (κ1) is 17.3. The molecule has 0 saturated heterocycles. The maximum absolute atomic E-state index is 11.1. The predicted molar refractivity (Wildman–Crippen MR) is 79.8 cm³/mol. The van der Waals surface area contributed by atoms with E-state index in [-0.39, 0.29) is 6.42 Å². The maximum atomic E-state index is 11.1. The van der Waals surface area contributed by atoms with Crippen molar-refractivity contribution in [1.82, 2.24) is 0 Å². The molecular weight excluding hydrogens is 272 g/mol. The predicted octanol–water partition coefficient (Wildman–Crippen LogP) is 3.02. The van der Waals surface area contributed by atoms with Crippen LogP contribution in [0.3, 0.4) is 0 Å². The number of aliphatic hydroxyl groups excluding tert-OH is 1. The van der Waals surface area contributed by atoms with Crippen LogP contribution >= 0.6 is 0 Å². The molecule has 1 atom stereocenters. The second-order valence-corrected chi connectivity index (χ2v) is 5.48. The van der Waals surface area contributed by atoms with Crippen LogP contribution in [0.2, 0.25) is 0 Å². The van der Waals surface area contributed by atoms with Crippen LogP contribution in [0, 0.1) is 5.41 Å². The Bertz CT molecular complexity index is 482. The average molecular weight is 296 g/mol. The molecule has 2 N–H and O–H groups in total. The van der Waals surface area contributed by atoms with Crippen molar-refractivity contribution in [2.45, 2.75) is 40.2 Å². The van der Waals surface area contributed by atoms with E-state index in [1.165, 1.54) is 0 Å². The highest BCUT2D eigenvalue weighted by molar-refractivity contribution is 5.73. The van der Waals surface area contributed by atoms with E-state index >= 15 is 0 Å². The van der Waals surface area contributed by atoms with Crippen molar-refractivity contribution in [3.8, 4) is 11.5 Å². The third-order valence-corrected chi connectivity index (χ3v) is 3.23. The number of hydrogen-bond acceptors (Lipinski definition) is 4. The molecule has 5 nitrogen and oxygen atoms in total. The third kappa shape index (κ3) is 4.63. The van der Waals surface area contributed by atoms with Crippen LogP contribution in [-0.2, 0) is 4.79 Å². The number of hydrogen-bond donors (Lipinski definition) is 2. The molecule has 0 aliphatic carbocycles. The lowest BCUT2D eigenvalue weighted by molar-refractivity contribution is -0.148. The standard InChI is InChI=1S/C16H24O5/c1-5-20-13-8-7-11(9-14(13)21-6-2)12(17)10-16(3,4)15(18)19/h7-9,12,17H,5-6,10H2,1-4H3,(H,18,19). The summed E-state index contributed by atoms with van der Waals surface area (Å²) in [5, 5.41) is 19.4. The van der Waals surface area contributed by atoms with Crippen LogP contribution < -0.4 is 9.47 Å². The number of benzene rings is 1. The minimum atomic E-state index is -0.996. The Balaban J connectivity index is 2.97. The first-order valence-electron chi connectivity index (χ1n) is 7.12. The number of aliphatic hydroxyl groups is 1. The van der Waals surface area contributed by atoms with Gasteiger partial charge in [0.15, 0.2) is 11.5 Å². The van der Waals surface area contributed by atoms with E-state index in [0.29, 0.717) is 30.3 Å². The average Bonchev–Trinajstić information content (AvgIpc) is 2.40. The number of rotatable bonds is 8. The molecule has 0 aliphatic heterocycles. The summed E-state index contributed by atoms with van der Waals surface area (Å²) in [6, 6.07) is 5.17. The van der Waals surface area contributed by atoms with Crippen molar-refractivity contribution < 1.29 is 24.5 Å². The molecule has 5 heteroatoms. The topological polar surface area (TPSA) is 76.0 Å². The number of carboxylic acids is 1. The normalized spacial score (nSPS) is 12.8. The monoisotopic (exact) mass is 296 g/mol. The molecule has 1 aromatic rings. The van der Waals surface area contributed by atoms with Gasteiger partial charge in [-0.15, -0.1) is 0 Å². The van der Waals surface area contributed by atoms with Gasteiger partial charge in [-0.1, -0.05) is 6.07 Å². The molecule has 0 radical (unpaired) electrons. The molecule has 0 aliphatic rings. The Morgan fingerprint density at radius 2 is 1.76 bits per heavy atom. The molecule has 1 unspecified atom stereocenters. The third-order valence-electron chi connectivity index (χ3n) is 3.23. The van der Waals surface area contributed by atoms with Crippen LogP contribution in [0.5, 0.6) is 11.5 Å². The molecule has 0 spiro atoms. The van der Waals surface area contributed by atoms with Gasteiger partial charge in [-0.25, -0.2) is 0 Å². The highest BCUT2D eigenvalue weighted by Gasteiger charge is 2.30. The lowest BCUT2D eigenvalue weighted by Crippen LogP contribution is -2.26. The fraction of sp³-hybridized carbons (Fsp3) is 0.562. The van der Waals surface area contributed by atoms with E-state index in [4.69, 9.17) is 14.6 Å². The van der Waals surface area contributed by atoms with Crippen LogP contribution in [0.15, 0.2) is 18.2 Å². The zero-order valence-electron chi connectivity index (χ0n) is 13.0. The minimum Gasteiger partial charge on any atom is -0.490 e. The van der Waals surface area contributed by atoms with Gasteiger partial charge in [0.05, 0.1) is 24.7 Å². The molecule has 0 aromatic heterocycles. The Kier molecular flexibility index (Phi) is 6.03. The zero-order valence-corrected chi connectivity index (χ0v) is 13.0. The molecule has 0 bridgehead atoms. The molecule has 0 amide bonds. The fourth-order valence-corrected chi connectivity index (χ4v) is 1.96. The van der Waals surface area contributed by atoms with Gasteiger partial charge in [0.1, 0.15) is 0 Å². The van der Waals surface area contributed by atoms with Crippen LogP contribution in [0.25, 0.3) is 0 Å². The number of carbonyl (C=O) groups is 1. The van der Waals surface area contributed by atoms with Crippen molar-refractivity contribution in [3.05, 3.63) is 23.8 Å². The number of carboxylic acid groups (broad SMARTS) is 1. The van der Waals surface area contributed by atoms with E-state index in [0.717, 1.165) is 0 Å². The van der Waals surface area contributed by atoms with Crippen molar-refractivity contribution in [2.24, 2.45) is 5.41 Å². The summed E-state index contributed by atoms with van der Waals surface area (Å²) in [5.41, 5.74) is -0.375. The van der Waals surface area contributed by atoms with E-state index in [1.54, 1.807) is 32.0 Å². The number of aliphatic carboxylic acids is 1. The Morgan fingerprint density at radius 1 is 1.19 bits per heavy atom. The van der Waals surface area contributed by atoms with Gasteiger partial charge < -0.3 is 19.7 Å². The maximum Gasteiger partial charge on any atom is 0.309 e. The van der Waals surface area contributed by atoms with Crippen molar-refractivity contribution in [3.63, 3.8) is 0 Å². The summed E-state index contributed by atoms with van der Waals surface area (Å²) in [6.45, 7) is 7.95. The van der Waals surface area contributed by atoms with Crippen molar-refractivity contribution >= 4 is 5.97 Å². The van der Waals surface area contributed by atoms with Crippen molar-refractivity contribution in [1.29, 1.82) is 0 Å². The Labute approximate surface area is 125 Å². The molecule has 0 heterocycles. The minimum absolute atomic E-state index is 0.127. The Morgan fingerprint density at radius 3 is 2.29 bits per heavy atom. The summed E-state index contributed by atoms with van der Waals surface area (Å²) in [7, 11) is 0. The van der Waals surface area contributed by atoms with Gasteiger partial charge in [0.2, 0.25) is 0 Å².